The third-order valence-electron chi connectivity index (χ3n) is 1.86. The first-order valence-corrected chi connectivity index (χ1v) is 4.34. The van der Waals surface area contributed by atoms with E-state index in [-0.39, 0.29) is 12.0 Å². The van der Waals surface area contributed by atoms with Gasteiger partial charge in [0, 0.05) is 0 Å². The fourth-order valence-corrected chi connectivity index (χ4v) is 1.18. The van der Waals surface area contributed by atoms with E-state index < -0.39 is 11.8 Å². The highest BCUT2D eigenvalue weighted by Gasteiger charge is 2.15. The number of carbonyl (C=O) groups is 1. The molecule has 2 nitrogen and oxygen atoms in total. The summed E-state index contributed by atoms with van der Waals surface area (Å²) >= 11 is 0. The molecule has 0 aliphatic rings. The lowest BCUT2D eigenvalue weighted by atomic mass is 10.0. The maximum atomic E-state index is 13.2. The average molecular weight is 194 g/mol. The van der Waals surface area contributed by atoms with Crippen molar-refractivity contribution in [2.45, 2.75) is 13.3 Å². The number of hydrogen-bond donors (Lipinski definition) is 1. The van der Waals surface area contributed by atoms with Crippen LogP contribution in [0.25, 0.3) is 5.57 Å². The van der Waals surface area contributed by atoms with E-state index >= 15 is 0 Å². The highest BCUT2D eigenvalue weighted by atomic mass is 19.1. The van der Waals surface area contributed by atoms with E-state index in [1.165, 1.54) is 0 Å². The number of halogens is 1. The molecular weight excluding hydrogens is 183 g/mol. The third kappa shape index (κ3) is 2.19. The molecule has 0 atom stereocenters. The third-order valence-corrected chi connectivity index (χ3v) is 1.86. The van der Waals surface area contributed by atoms with Gasteiger partial charge in [0.25, 0.3) is 0 Å². The quantitative estimate of drug-likeness (QED) is 0.751. The molecule has 3 heteroatoms. The highest BCUT2D eigenvalue weighted by Crippen LogP contribution is 2.21. The smallest absolute Gasteiger partial charge is 0.338 e. The van der Waals surface area contributed by atoms with Crippen LogP contribution in [0.4, 0.5) is 4.39 Å². The van der Waals surface area contributed by atoms with Crippen LogP contribution in [0.2, 0.25) is 0 Å². The van der Waals surface area contributed by atoms with Gasteiger partial charge >= 0.3 is 5.97 Å². The number of carboxylic acids is 1. The minimum atomic E-state index is -1.23. The Morgan fingerprint density at radius 1 is 1.36 bits per heavy atom. The van der Waals surface area contributed by atoms with Gasteiger partial charge in [0.1, 0.15) is 5.83 Å². The number of carboxylic acid groups (broad SMARTS) is 1. The summed E-state index contributed by atoms with van der Waals surface area (Å²) in [6.07, 6.45) is 0.0938. The van der Waals surface area contributed by atoms with Gasteiger partial charge in [-0.05, 0) is 12.0 Å². The molecule has 0 fully saturated rings. The second-order valence-corrected chi connectivity index (χ2v) is 2.80. The fourth-order valence-electron chi connectivity index (χ4n) is 1.18. The van der Waals surface area contributed by atoms with Crippen LogP contribution in [0, 0.1) is 0 Å². The van der Waals surface area contributed by atoms with Crippen molar-refractivity contribution in [3.8, 4) is 0 Å². The topological polar surface area (TPSA) is 37.3 Å². The fraction of sp³-hybridized carbons (Fsp3) is 0.182. The molecule has 1 aromatic carbocycles. The summed E-state index contributed by atoms with van der Waals surface area (Å²) in [6, 6.07) is 8.28. The Bertz CT molecular complexity index is 355. The van der Waals surface area contributed by atoms with Crippen LogP contribution in [0.3, 0.4) is 0 Å². The zero-order valence-corrected chi connectivity index (χ0v) is 7.83. The van der Waals surface area contributed by atoms with E-state index in [1.807, 2.05) is 0 Å². The van der Waals surface area contributed by atoms with Crippen LogP contribution in [0.15, 0.2) is 36.2 Å². The van der Waals surface area contributed by atoms with Gasteiger partial charge in [0.05, 0.1) is 5.57 Å². The molecule has 0 saturated heterocycles. The lowest BCUT2D eigenvalue weighted by Gasteiger charge is -2.03. The number of aliphatic carboxylic acids is 1. The Kier molecular flexibility index (Phi) is 3.40. The predicted octanol–water partition coefficient (Wildman–Crippen LogP) is 2.86. The lowest BCUT2D eigenvalue weighted by molar-refractivity contribution is -0.130. The first kappa shape index (κ1) is 10.4. The van der Waals surface area contributed by atoms with Crippen molar-refractivity contribution in [1.29, 1.82) is 0 Å². The predicted molar refractivity (Wildman–Crippen MR) is 52.4 cm³/mol. The molecule has 0 aliphatic carbocycles. The van der Waals surface area contributed by atoms with E-state index in [0.29, 0.717) is 5.56 Å². The molecule has 0 aliphatic heterocycles. The molecule has 74 valence electrons. The summed E-state index contributed by atoms with van der Waals surface area (Å²) in [4.78, 5) is 10.8. The Morgan fingerprint density at radius 2 is 1.93 bits per heavy atom. The van der Waals surface area contributed by atoms with Crippen molar-refractivity contribution in [3.63, 3.8) is 0 Å². The molecule has 0 heterocycles. The van der Waals surface area contributed by atoms with Crippen LogP contribution >= 0.6 is 0 Å². The first-order valence-electron chi connectivity index (χ1n) is 4.34. The molecule has 0 saturated carbocycles. The number of hydrogen-bond acceptors (Lipinski definition) is 1. The van der Waals surface area contributed by atoms with Gasteiger partial charge in [-0.2, -0.15) is 0 Å². The van der Waals surface area contributed by atoms with Crippen molar-refractivity contribution in [2.24, 2.45) is 0 Å². The molecule has 0 radical (unpaired) electrons. The van der Waals surface area contributed by atoms with E-state index in [0.717, 1.165) is 0 Å². The van der Waals surface area contributed by atoms with Crippen molar-refractivity contribution in [3.05, 3.63) is 41.7 Å². The average Bonchev–Trinajstić information content (AvgIpc) is 2.19. The molecule has 14 heavy (non-hydrogen) atoms. The van der Waals surface area contributed by atoms with Crippen LogP contribution < -0.4 is 0 Å². The van der Waals surface area contributed by atoms with Gasteiger partial charge in [-0.25, -0.2) is 9.18 Å². The van der Waals surface area contributed by atoms with Crippen molar-refractivity contribution >= 4 is 11.5 Å². The molecule has 1 rings (SSSR count). The summed E-state index contributed by atoms with van der Waals surface area (Å²) in [5.74, 6) is -1.82. The molecular formula is C11H11FO2. The summed E-state index contributed by atoms with van der Waals surface area (Å²) in [5, 5.41) is 8.83. The number of rotatable bonds is 3. The SMILES string of the molecule is CCC(F)=C(C(=O)O)c1ccccc1. The van der Waals surface area contributed by atoms with E-state index in [1.54, 1.807) is 37.3 Å². The number of benzene rings is 1. The molecule has 1 N–H and O–H groups in total. The second-order valence-electron chi connectivity index (χ2n) is 2.80. The lowest BCUT2D eigenvalue weighted by Crippen LogP contribution is -2.01. The van der Waals surface area contributed by atoms with Gasteiger partial charge in [0.2, 0.25) is 0 Å². The van der Waals surface area contributed by atoms with Gasteiger partial charge in [0.15, 0.2) is 0 Å². The zero-order chi connectivity index (χ0) is 10.6. The van der Waals surface area contributed by atoms with Gasteiger partial charge in [-0.15, -0.1) is 0 Å². The summed E-state index contributed by atoms with van der Waals surface area (Å²) < 4.78 is 13.2. The standard InChI is InChI=1S/C11H11FO2/c1-2-9(12)10(11(13)14)8-6-4-3-5-7-8/h3-7H,2H2,1H3,(H,13,14). The van der Waals surface area contributed by atoms with Gasteiger partial charge in [-0.1, -0.05) is 37.3 Å². The largest absolute Gasteiger partial charge is 0.478 e. The summed E-state index contributed by atoms with van der Waals surface area (Å²) in [7, 11) is 0. The van der Waals surface area contributed by atoms with Crippen LogP contribution in [-0.4, -0.2) is 11.1 Å². The van der Waals surface area contributed by atoms with Crippen molar-refractivity contribution in [2.75, 3.05) is 0 Å². The summed E-state index contributed by atoms with van der Waals surface area (Å²) in [6.45, 7) is 1.58. The van der Waals surface area contributed by atoms with E-state index in [9.17, 15) is 9.18 Å². The van der Waals surface area contributed by atoms with Gasteiger partial charge in [-0.3, -0.25) is 0 Å². The minimum Gasteiger partial charge on any atom is -0.478 e. The van der Waals surface area contributed by atoms with Crippen LogP contribution in [0.5, 0.6) is 0 Å². The van der Waals surface area contributed by atoms with Crippen molar-refractivity contribution in [1.82, 2.24) is 0 Å². The molecule has 1 aromatic rings. The Morgan fingerprint density at radius 3 is 2.36 bits per heavy atom. The van der Waals surface area contributed by atoms with E-state index in [2.05, 4.69) is 0 Å². The molecule has 0 aromatic heterocycles. The molecule has 0 bridgehead atoms. The van der Waals surface area contributed by atoms with E-state index in [4.69, 9.17) is 5.11 Å². The Balaban J connectivity index is 3.21. The first-order chi connectivity index (χ1) is 6.66. The Hall–Kier alpha value is -1.64. The zero-order valence-electron chi connectivity index (χ0n) is 7.83. The second kappa shape index (κ2) is 4.56. The highest BCUT2D eigenvalue weighted by molar-refractivity contribution is 6.16. The maximum absolute atomic E-state index is 13.2. The normalized spacial score (nSPS) is 12.1. The molecule has 0 amide bonds. The molecule has 0 spiro atoms. The van der Waals surface area contributed by atoms with Crippen LogP contribution in [-0.2, 0) is 4.79 Å². The Labute approximate surface area is 81.7 Å². The molecule has 0 unspecified atom stereocenters. The van der Waals surface area contributed by atoms with Gasteiger partial charge < -0.3 is 5.11 Å². The number of allylic oxidation sites excluding steroid dienone is 1. The maximum Gasteiger partial charge on any atom is 0.338 e. The van der Waals surface area contributed by atoms with Crippen LogP contribution in [0.1, 0.15) is 18.9 Å². The summed E-state index contributed by atoms with van der Waals surface area (Å²) in [5.41, 5.74) is 0.160. The minimum absolute atomic E-state index is 0.0938. The monoisotopic (exact) mass is 194 g/mol. The van der Waals surface area contributed by atoms with Crippen molar-refractivity contribution < 1.29 is 14.3 Å².